The lowest BCUT2D eigenvalue weighted by Crippen LogP contribution is -2.47. The van der Waals surface area contributed by atoms with Gasteiger partial charge in [0.1, 0.15) is 0 Å². The Morgan fingerprint density at radius 2 is 1.70 bits per heavy atom. The Morgan fingerprint density at radius 3 is 2.20 bits per heavy atom. The monoisotopic (exact) mass is 295 g/mol. The maximum absolute atomic E-state index is 12.1. The Labute approximate surface area is 120 Å². The third kappa shape index (κ3) is 6.93. The molecule has 2 N–H and O–H groups in total. The summed E-state index contributed by atoms with van der Waals surface area (Å²) in [7, 11) is 0. The van der Waals surface area contributed by atoms with E-state index in [-0.39, 0.29) is 12.5 Å². The van der Waals surface area contributed by atoms with Gasteiger partial charge in [0.25, 0.3) is 0 Å². The van der Waals surface area contributed by atoms with Crippen LogP contribution in [0, 0.1) is 5.41 Å². The van der Waals surface area contributed by atoms with E-state index in [9.17, 15) is 18.3 Å². The second kappa shape index (κ2) is 6.65. The van der Waals surface area contributed by atoms with Crippen molar-refractivity contribution in [1.29, 1.82) is 0 Å². The standard InChI is InChI=1S/C15H28F3NO/c1-12(5-4-6-15(16,17)18)19-11-14(20)9-7-13(2,3)8-10-14/h12,19-20H,4-11H2,1-3H3. The van der Waals surface area contributed by atoms with E-state index in [2.05, 4.69) is 19.2 Å². The Bertz CT molecular complexity index is 292. The highest BCUT2D eigenvalue weighted by molar-refractivity contribution is 4.91. The van der Waals surface area contributed by atoms with Gasteiger partial charge in [0.15, 0.2) is 0 Å². The fourth-order valence-corrected chi connectivity index (χ4v) is 2.64. The van der Waals surface area contributed by atoms with Gasteiger partial charge in [0.2, 0.25) is 0 Å². The molecule has 0 spiro atoms. The molecule has 0 aromatic heterocycles. The number of rotatable bonds is 6. The van der Waals surface area contributed by atoms with Crippen LogP contribution in [-0.4, -0.2) is 29.5 Å². The van der Waals surface area contributed by atoms with Crippen LogP contribution in [-0.2, 0) is 0 Å². The smallest absolute Gasteiger partial charge is 0.389 e. The molecule has 0 bridgehead atoms. The lowest BCUT2D eigenvalue weighted by molar-refractivity contribution is -0.135. The molecule has 1 aliphatic rings. The Balaban J connectivity index is 2.22. The molecular weight excluding hydrogens is 267 g/mol. The van der Waals surface area contributed by atoms with Crippen molar-refractivity contribution < 1.29 is 18.3 Å². The van der Waals surface area contributed by atoms with E-state index in [1.54, 1.807) is 0 Å². The summed E-state index contributed by atoms with van der Waals surface area (Å²) >= 11 is 0. The summed E-state index contributed by atoms with van der Waals surface area (Å²) in [5, 5.41) is 13.7. The molecular formula is C15H28F3NO. The first-order chi connectivity index (χ1) is 9.02. The average Bonchev–Trinajstić information content (AvgIpc) is 2.30. The molecule has 0 amide bonds. The van der Waals surface area contributed by atoms with Crippen molar-refractivity contribution in [1.82, 2.24) is 5.32 Å². The van der Waals surface area contributed by atoms with Crippen LogP contribution in [0.1, 0.15) is 65.7 Å². The van der Waals surface area contributed by atoms with Crippen LogP contribution >= 0.6 is 0 Å². The van der Waals surface area contributed by atoms with E-state index in [1.165, 1.54) is 0 Å². The average molecular weight is 295 g/mol. The molecule has 1 unspecified atom stereocenters. The van der Waals surface area contributed by atoms with Crippen LogP contribution < -0.4 is 5.32 Å². The van der Waals surface area contributed by atoms with Crippen molar-refractivity contribution in [2.75, 3.05) is 6.54 Å². The van der Waals surface area contributed by atoms with E-state index >= 15 is 0 Å². The van der Waals surface area contributed by atoms with Gasteiger partial charge in [-0.1, -0.05) is 13.8 Å². The SMILES string of the molecule is CC(CCCC(F)(F)F)NCC1(O)CCC(C)(C)CC1. The van der Waals surface area contributed by atoms with Gasteiger partial charge in [-0.3, -0.25) is 0 Å². The predicted octanol–water partition coefficient (Wildman–Crippen LogP) is 4.03. The van der Waals surface area contributed by atoms with Gasteiger partial charge in [-0.25, -0.2) is 0 Å². The first-order valence-electron chi connectivity index (χ1n) is 7.54. The van der Waals surface area contributed by atoms with E-state index in [0.29, 0.717) is 18.4 Å². The highest BCUT2D eigenvalue weighted by Gasteiger charge is 2.36. The summed E-state index contributed by atoms with van der Waals surface area (Å²) < 4.78 is 36.2. The quantitative estimate of drug-likeness (QED) is 0.775. The van der Waals surface area contributed by atoms with Crippen molar-refractivity contribution >= 4 is 0 Å². The highest BCUT2D eigenvalue weighted by Crippen LogP contribution is 2.39. The Hall–Kier alpha value is -0.290. The van der Waals surface area contributed by atoms with Crippen molar-refractivity contribution in [2.24, 2.45) is 5.41 Å². The molecule has 0 aliphatic heterocycles. The van der Waals surface area contributed by atoms with Crippen LogP contribution in [0.15, 0.2) is 0 Å². The summed E-state index contributed by atoms with van der Waals surface area (Å²) in [4.78, 5) is 0. The van der Waals surface area contributed by atoms with Gasteiger partial charge < -0.3 is 10.4 Å². The molecule has 2 nitrogen and oxygen atoms in total. The molecule has 0 radical (unpaired) electrons. The van der Waals surface area contributed by atoms with Crippen LogP contribution in [0.4, 0.5) is 13.2 Å². The molecule has 120 valence electrons. The maximum Gasteiger partial charge on any atom is 0.389 e. The number of hydrogen-bond donors (Lipinski definition) is 2. The summed E-state index contributed by atoms with van der Waals surface area (Å²) in [5.41, 5.74) is -0.391. The number of aliphatic hydroxyl groups is 1. The van der Waals surface area contributed by atoms with E-state index in [1.807, 2.05) is 6.92 Å². The van der Waals surface area contributed by atoms with Crippen LogP contribution in [0.5, 0.6) is 0 Å². The van der Waals surface area contributed by atoms with Gasteiger partial charge >= 0.3 is 6.18 Å². The minimum Gasteiger partial charge on any atom is -0.389 e. The van der Waals surface area contributed by atoms with Gasteiger partial charge in [-0.2, -0.15) is 13.2 Å². The minimum absolute atomic E-state index is 0.0105. The fraction of sp³-hybridized carbons (Fsp3) is 1.00. The Morgan fingerprint density at radius 1 is 1.15 bits per heavy atom. The second-order valence-electron chi connectivity index (χ2n) is 7.18. The molecule has 0 saturated heterocycles. The third-order valence-corrected chi connectivity index (χ3v) is 4.41. The van der Waals surface area contributed by atoms with Crippen molar-refractivity contribution in [2.45, 2.75) is 83.5 Å². The zero-order chi connectivity index (χ0) is 15.4. The molecule has 1 aliphatic carbocycles. The van der Waals surface area contributed by atoms with Crippen LogP contribution in [0.3, 0.4) is 0 Å². The van der Waals surface area contributed by atoms with Gasteiger partial charge in [-0.05, 0) is 50.9 Å². The van der Waals surface area contributed by atoms with Crippen molar-refractivity contribution in [3.63, 3.8) is 0 Å². The molecule has 1 fully saturated rings. The van der Waals surface area contributed by atoms with Crippen molar-refractivity contribution in [3.8, 4) is 0 Å². The van der Waals surface area contributed by atoms with Crippen LogP contribution in [0.2, 0.25) is 0 Å². The molecule has 0 aromatic carbocycles. The summed E-state index contributed by atoms with van der Waals surface area (Å²) in [6.07, 6.45) is -0.639. The normalized spacial score (nSPS) is 23.6. The number of halogens is 3. The third-order valence-electron chi connectivity index (χ3n) is 4.41. The topological polar surface area (TPSA) is 32.3 Å². The second-order valence-corrected chi connectivity index (χ2v) is 7.18. The maximum atomic E-state index is 12.1. The molecule has 1 saturated carbocycles. The molecule has 1 atom stereocenters. The lowest BCUT2D eigenvalue weighted by Gasteiger charge is -2.40. The van der Waals surface area contributed by atoms with Gasteiger partial charge in [-0.15, -0.1) is 0 Å². The van der Waals surface area contributed by atoms with Gasteiger partial charge in [0.05, 0.1) is 5.60 Å². The van der Waals surface area contributed by atoms with E-state index < -0.39 is 18.2 Å². The lowest BCUT2D eigenvalue weighted by atomic mass is 9.71. The zero-order valence-electron chi connectivity index (χ0n) is 12.8. The first-order valence-corrected chi connectivity index (χ1v) is 7.54. The van der Waals surface area contributed by atoms with Gasteiger partial charge in [0, 0.05) is 19.0 Å². The molecule has 20 heavy (non-hydrogen) atoms. The Kier molecular flexibility index (Phi) is 5.90. The molecule has 0 aromatic rings. The largest absolute Gasteiger partial charge is 0.389 e. The minimum atomic E-state index is -4.06. The summed E-state index contributed by atoms with van der Waals surface area (Å²) in [6, 6.07) is 0.0105. The first kappa shape index (κ1) is 17.8. The van der Waals surface area contributed by atoms with Crippen LogP contribution in [0.25, 0.3) is 0 Å². The summed E-state index contributed by atoms with van der Waals surface area (Å²) in [6.45, 7) is 6.78. The predicted molar refractivity (Wildman–Crippen MR) is 74.6 cm³/mol. The molecule has 5 heteroatoms. The van der Waals surface area contributed by atoms with Crippen molar-refractivity contribution in [3.05, 3.63) is 0 Å². The highest BCUT2D eigenvalue weighted by atomic mass is 19.4. The number of nitrogens with one attached hydrogen (secondary N) is 1. The molecule has 0 heterocycles. The summed E-state index contributed by atoms with van der Waals surface area (Å²) in [5.74, 6) is 0. The van der Waals surface area contributed by atoms with E-state index in [0.717, 1.165) is 25.7 Å². The molecule has 1 rings (SSSR count). The fourth-order valence-electron chi connectivity index (χ4n) is 2.64. The number of alkyl halides is 3. The van der Waals surface area contributed by atoms with E-state index in [4.69, 9.17) is 0 Å². The zero-order valence-corrected chi connectivity index (χ0v) is 12.8. The number of hydrogen-bond acceptors (Lipinski definition) is 2.